The van der Waals surface area contributed by atoms with Gasteiger partial charge in [0.2, 0.25) is 5.91 Å². The van der Waals surface area contributed by atoms with Crippen LogP contribution in [0.4, 0.5) is 0 Å². The van der Waals surface area contributed by atoms with Crippen molar-refractivity contribution in [2.24, 2.45) is 10.4 Å². The van der Waals surface area contributed by atoms with E-state index in [-0.39, 0.29) is 12.5 Å². The second-order valence-corrected chi connectivity index (χ2v) is 6.69. The van der Waals surface area contributed by atoms with Gasteiger partial charge in [0.25, 0.3) is 0 Å². The molecule has 3 N–H and O–H groups in total. The van der Waals surface area contributed by atoms with Crippen molar-refractivity contribution in [3.05, 3.63) is 0 Å². The molecule has 5 heteroatoms. The van der Waals surface area contributed by atoms with Gasteiger partial charge in [0.05, 0.1) is 0 Å². The van der Waals surface area contributed by atoms with E-state index in [9.17, 15) is 4.79 Å². The van der Waals surface area contributed by atoms with Crippen molar-refractivity contribution in [1.82, 2.24) is 16.0 Å². The molecule has 0 aliphatic rings. The van der Waals surface area contributed by atoms with Gasteiger partial charge in [-0.1, -0.05) is 27.7 Å². The zero-order valence-corrected chi connectivity index (χ0v) is 14.7. The summed E-state index contributed by atoms with van der Waals surface area (Å²) in [7, 11) is 0. The average Bonchev–Trinajstić information content (AvgIpc) is 2.39. The maximum atomic E-state index is 11.6. The molecule has 0 bridgehead atoms. The Labute approximate surface area is 130 Å². The zero-order valence-electron chi connectivity index (χ0n) is 14.7. The van der Waals surface area contributed by atoms with Crippen LogP contribution < -0.4 is 16.0 Å². The molecule has 0 saturated carbocycles. The van der Waals surface area contributed by atoms with Gasteiger partial charge in [-0.2, -0.15) is 0 Å². The summed E-state index contributed by atoms with van der Waals surface area (Å²) in [6.07, 6.45) is 3.17. The lowest BCUT2D eigenvalue weighted by Crippen LogP contribution is -2.43. The Morgan fingerprint density at radius 1 is 1.19 bits per heavy atom. The van der Waals surface area contributed by atoms with Crippen LogP contribution in [-0.2, 0) is 4.79 Å². The third kappa shape index (κ3) is 12.2. The van der Waals surface area contributed by atoms with E-state index in [1.54, 1.807) is 0 Å². The van der Waals surface area contributed by atoms with Gasteiger partial charge in [0.15, 0.2) is 5.96 Å². The maximum Gasteiger partial charge on any atom is 0.241 e. The number of rotatable bonds is 8. The Morgan fingerprint density at radius 2 is 1.86 bits per heavy atom. The number of hydrogen-bond acceptors (Lipinski definition) is 2. The summed E-state index contributed by atoms with van der Waals surface area (Å²) >= 11 is 0. The van der Waals surface area contributed by atoms with Crippen molar-refractivity contribution in [3.8, 4) is 0 Å². The molecule has 0 aromatic heterocycles. The van der Waals surface area contributed by atoms with Crippen LogP contribution in [0.3, 0.4) is 0 Å². The molecule has 0 radical (unpaired) electrons. The van der Waals surface area contributed by atoms with E-state index in [1.165, 1.54) is 0 Å². The number of guanidine groups is 1. The van der Waals surface area contributed by atoms with Gasteiger partial charge in [0, 0.05) is 19.1 Å². The van der Waals surface area contributed by atoms with E-state index in [1.807, 2.05) is 13.8 Å². The first-order valence-electron chi connectivity index (χ1n) is 8.10. The fourth-order valence-electron chi connectivity index (χ4n) is 1.75. The fraction of sp³-hybridized carbons (Fsp3) is 0.875. The van der Waals surface area contributed by atoms with Crippen LogP contribution in [0.25, 0.3) is 0 Å². The molecule has 0 fully saturated rings. The summed E-state index contributed by atoms with van der Waals surface area (Å²) in [5.74, 6) is 0.682. The van der Waals surface area contributed by atoms with Crippen LogP contribution in [0.2, 0.25) is 0 Å². The number of nitrogens with zero attached hydrogens (tertiary/aromatic N) is 1. The lowest BCUT2D eigenvalue weighted by atomic mass is 9.89. The zero-order chi connectivity index (χ0) is 16.3. The Morgan fingerprint density at radius 3 is 2.38 bits per heavy atom. The number of nitrogens with one attached hydrogen (secondary N) is 3. The molecule has 0 heterocycles. The van der Waals surface area contributed by atoms with Crippen LogP contribution in [0.15, 0.2) is 4.99 Å². The molecule has 0 saturated heterocycles. The first kappa shape index (κ1) is 19.7. The summed E-state index contributed by atoms with van der Waals surface area (Å²) in [5.41, 5.74) is 0.339. The van der Waals surface area contributed by atoms with E-state index in [4.69, 9.17) is 0 Å². The van der Waals surface area contributed by atoms with Crippen molar-refractivity contribution >= 4 is 11.9 Å². The molecule has 0 aliphatic carbocycles. The van der Waals surface area contributed by atoms with E-state index in [0.29, 0.717) is 24.0 Å². The van der Waals surface area contributed by atoms with Crippen molar-refractivity contribution in [3.63, 3.8) is 0 Å². The molecule has 21 heavy (non-hydrogen) atoms. The van der Waals surface area contributed by atoms with Gasteiger partial charge >= 0.3 is 0 Å². The van der Waals surface area contributed by atoms with Gasteiger partial charge < -0.3 is 16.0 Å². The van der Waals surface area contributed by atoms with Crippen LogP contribution in [0.5, 0.6) is 0 Å². The molecule has 124 valence electrons. The summed E-state index contributed by atoms with van der Waals surface area (Å²) < 4.78 is 0. The predicted molar refractivity (Wildman–Crippen MR) is 90.6 cm³/mol. The van der Waals surface area contributed by atoms with Crippen LogP contribution in [-0.4, -0.2) is 37.5 Å². The third-order valence-electron chi connectivity index (χ3n) is 3.01. The molecule has 0 spiro atoms. The second-order valence-electron chi connectivity index (χ2n) is 6.69. The summed E-state index contributed by atoms with van der Waals surface area (Å²) in [6, 6.07) is 0.334. The van der Waals surface area contributed by atoms with Gasteiger partial charge in [-0.05, 0) is 38.5 Å². The SMILES string of the molecule is CCCNC(=O)CN=C(NCC)NC(C)CCC(C)(C)C. The van der Waals surface area contributed by atoms with Crippen molar-refractivity contribution < 1.29 is 4.79 Å². The highest BCUT2D eigenvalue weighted by atomic mass is 16.1. The van der Waals surface area contributed by atoms with Crippen molar-refractivity contribution in [2.45, 2.75) is 66.8 Å². The third-order valence-corrected chi connectivity index (χ3v) is 3.01. The lowest BCUT2D eigenvalue weighted by Gasteiger charge is -2.23. The molecule has 0 aromatic rings. The number of amides is 1. The summed E-state index contributed by atoms with van der Waals surface area (Å²) in [5, 5.41) is 9.37. The molecular weight excluding hydrogens is 264 g/mol. The highest BCUT2D eigenvalue weighted by molar-refractivity contribution is 5.85. The number of aliphatic imine (C=N–C) groups is 1. The monoisotopic (exact) mass is 298 g/mol. The summed E-state index contributed by atoms with van der Waals surface area (Å²) in [6.45, 7) is 14.6. The highest BCUT2D eigenvalue weighted by Crippen LogP contribution is 2.21. The minimum absolute atomic E-state index is 0.0311. The average molecular weight is 298 g/mol. The standard InChI is InChI=1S/C16H34N4O/c1-7-11-18-14(21)12-19-15(17-8-2)20-13(3)9-10-16(4,5)6/h13H,7-12H2,1-6H3,(H,18,21)(H2,17,19,20). The number of hydrogen-bond donors (Lipinski definition) is 3. The van der Waals surface area contributed by atoms with Crippen molar-refractivity contribution in [1.29, 1.82) is 0 Å². The van der Waals surface area contributed by atoms with E-state index in [2.05, 4.69) is 48.6 Å². The van der Waals surface area contributed by atoms with Crippen LogP contribution in [0, 0.1) is 5.41 Å². The second kappa shape index (κ2) is 10.5. The van der Waals surface area contributed by atoms with Gasteiger partial charge in [-0.25, -0.2) is 4.99 Å². The van der Waals surface area contributed by atoms with E-state index < -0.39 is 0 Å². The number of carbonyl (C=O) groups excluding carboxylic acids is 1. The number of carbonyl (C=O) groups is 1. The maximum absolute atomic E-state index is 11.6. The molecule has 5 nitrogen and oxygen atoms in total. The highest BCUT2D eigenvalue weighted by Gasteiger charge is 2.13. The van der Waals surface area contributed by atoms with E-state index >= 15 is 0 Å². The normalized spacial score (nSPS) is 13.7. The molecule has 1 unspecified atom stereocenters. The fourth-order valence-corrected chi connectivity index (χ4v) is 1.75. The molecule has 0 aliphatic heterocycles. The van der Waals surface area contributed by atoms with Gasteiger partial charge in [-0.15, -0.1) is 0 Å². The quantitative estimate of drug-likeness (QED) is 0.476. The first-order chi connectivity index (χ1) is 9.78. The van der Waals surface area contributed by atoms with Crippen LogP contribution >= 0.6 is 0 Å². The van der Waals surface area contributed by atoms with E-state index in [0.717, 1.165) is 25.8 Å². The molecular formula is C16H34N4O. The molecule has 1 atom stereocenters. The first-order valence-corrected chi connectivity index (χ1v) is 8.10. The lowest BCUT2D eigenvalue weighted by molar-refractivity contribution is -0.119. The van der Waals surface area contributed by atoms with Crippen LogP contribution in [0.1, 0.15) is 60.8 Å². The van der Waals surface area contributed by atoms with Gasteiger partial charge in [0.1, 0.15) is 6.54 Å². The van der Waals surface area contributed by atoms with Crippen molar-refractivity contribution in [2.75, 3.05) is 19.6 Å². The Bertz CT molecular complexity index is 321. The molecule has 0 rings (SSSR count). The minimum atomic E-state index is -0.0311. The molecule has 0 aromatic carbocycles. The topological polar surface area (TPSA) is 65.5 Å². The largest absolute Gasteiger partial charge is 0.357 e. The predicted octanol–water partition coefficient (Wildman–Crippen LogP) is 2.28. The Kier molecular flexibility index (Phi) is 9.84. The summed E-state index contributed by atoms with van der Waals surface area (Å²) in [4.78, 5) is 15.9. The minimum Gasteiger partial charge on any atom is -0.357 e. The molecule has 1 amide bonds. The van der Waals surface area contributed by atoms with Gasteiger partial charge in [-0.3, -0.25) is 4.79 Å². The smallest absolute Gasteiger partial charge is 0.241 e. The Hall–Kier alpha value is -1.26. The Balaban J connectivity index is 4.30.